The van der Waals surface area contributed by atoms with Crippen LogP contribution in [0.2, 0.25) is 0 Å². The van der Waals surface area contributed by atoms with Gasteiger partial charge in [0.05, 0.1) is 0 Å². The molecule has 0 heterocycles. The highest BCUT2D eigenvalue weighted by atomic mass is 79.9. The van der Waals surface area contributed by atoms with Crippen LogP contribution in [0.3, 0.4) is 0 Å². The molecule has 2 N–H and O–H groups in total. The third-order valence-corrected chi connectivity index (χ3v) is 2.75. The van der Waals surface area contributed by atoms with Gasteiger partial charge in [-0.25, -0.2) is 13.6 Å². The third-order valence-electron chi connectivity index (χ3n) is 2.26. The minimum Gasteiger partial charge on any atom is -0.308 e. The van der Waals surface area contributed by atoms with Crippen LogP contribution in [0.25, 0.3) is 0 Å². The lowest BCUT2D eigenvalue weighted by Gasteiger charge is -2.08. The number of carbonyl (C=O) groups is 1. The van der Waals surface area contributed by atoms with Gasteiger partial charge in [-0.2, -0.15) is 0 Å². The predicted octanol–water partition coefficient (Wildman–Crippen LogP) is 4.37. The maximum atomic E-state index is 13.0. The molecule has 0 aliphatic rings. The summed E-state index contributed by atoms with van der Waals surface area (Å²) in [6, 6.07) is 9.60. The third kappa shape index (κ3) is 3.75. The summed E-state index contributed by atoms with van der Waals surface area (Å²) in [4.78, 5) is 11.6. The van der Waals surface area contributed by atoms with Gasteiger partial charge in [0.1, 0.15) is 0 Å². The van der Waals surface area contributed by atoms with Gasteiger partial charge in [-0.3, -0.25) is 0 Å². The normalized spacial score (nSPS) is 10.1. The van der Waals surface area contributed by atoms with Crippen molar-refractivity contribution in [1.82, 2.24) is 0 Å². The summed E-state index contributed by atoms with van der Waals surface area (Å²) in [6.45, 7) is 0. The lowest BCUT2D eigenvalue weighted by atomic mass is 10.3. The lowest BCUT2D eigenvalue weighted by molar-refractivity contribution is 0.262. The van der Waals surface area contributed by atoms with Gasteiger partial charge in [-0.15, -0.1) is 0 Å². The molecule has 3 nitrogen and oxygen atoms in total. The van der Waals surface area contributed by atoms with Crippen LogP contribution in [-0.2, 0) is 0 Å². The van der Waals surface area contributed by atoms with Crippen molar-refractivity contribution in [3.63, 3.8) is 0 Å². The maximum absolute atomic E-state index is 13.0. The summed E-state index contributed by atoms with van der Waals surface area (Å²) in [7, 11) is 0. The Hall–Kier alpha value is -1.95. The van der Waals surface area contributed by atoms with Crippen LogP contribution < -0.4 is 10.6 Å². The van der Waals surface area contributed by atoms with E-state index >= 15 is 0 Å². The molecule has 2 aromatic rings. The fraction of sp³-hybridized carbons (Fsp3) is 0. The Morgan fingerprint density at radius 1 is 0.947 bits per heavy atom. The second kappa shape index (κ2) is 5.79. The van der Waals surface area contributed by atoms with Crippen LogP contribution in [-0.4, -0.2) is 6.03 Å². The molecule has 0 atom stereocenters. The van der Waals surface area contributed by atoms with Crippen molar-refractivity contribution >= 4 is 33.3 Å². The molecule has 6 heteroatoms. The smallest absolute Gasteiger partial charge is 0.308 e. The lowest BCUT2D eigenvalue weighted by Crippen LogP contribution is -2.19. The second-order valence-electron chi connectivity index (χ2n) is 3.72. The summed E-state index contributed by atoms with van der Waals surface area (Å²) in [6.07, 6.45) is 0. The molecule has 0 radical (unpaired) electrons. The first-order valence-corrected chi connectivity index (χ1v) is 6.12. The van der Waals surface area contributed by atoms with E-state index in [-0.39, 0.29) is 5.69 Å². The van der Waals surface area contributed by atoms with E-state index in [4.69, 9.17) is 0 Å². The number of hydrogen-bond donors (Lipinski definition) is 2. The van der Waals surface area contributed by atoms with Crippen molar-refractivity contribution < 1.29 is 13.6 Å². The van der Waals surface area contributed by atoms with Gasteiger partial charge >= 0.3 is 6.03 Å². The second-order valence-corrected chi connectivity index (χ2v) is 4.63. The Bertz CT molecular complexity index is 619. The average Bonchev–Trinajstić information content (AvgIpc) is 2.34. The number of carbonyl (C=O) groups excluding carboxylic acids is 1. The maximum Gasteiger partial charge on any atom is 0.323 e. The number of amides is 2. The molecule has 0 spiro atoms. The van der Waals surface area contributed by atoms with Crippen LogP contribution >= 0.6 is 15.9 Å². The minimum atomic E-state index is -1.01. The minimum absolute atomic E-state index is 0.173. The molecule has 0 saturated heterocycles. The van der Waals surface area contributed by atoms with Gasteiger partial charge in [-0.1, -0.05) is 22.0 Å². The summed E-state index contributed by atoms with van der Waals surface area (Å²) >= 11 is 3.27. The van der Waals surface area contributed by atoms with Crippen molar-refractivity contribution in [1.29, 1.82) is 0 Å². The SMILES string of the molecule is O=C(Nc1cccc(Br)c1)Nc1ccc(F)c(F)c1. The van der Waals surface area contributed by atoms with Crippen LogP contribution in [0, 0.1) is 11.6 Å². The molecule has 2 aromatic carbocycles. The number of hydrogen-bond acceptors (Lipinski definition) is 1. The van der Waals surface area contributed by atoms with Gasteiger partial charge in [0.25, 0.3) is 0 Å². The van der Waals surface area contributed by atoms with Gasteiger partial charge < -0.3 is 10.6 Å². The number of benzene rings is 2. The summed E-state index contributed by atoms with van der Waals surface area (Å²) in [5, 5.41) is 4.97. The van der Waals surface area contributed by atoms with E-state index in [0.717, 1.165) is 16.6 Å². The van der Waals surface area contributed by atoms with Crippen LogP contribution in [0.1, 0.15) is 0 Å². The van der Waals surface area contributed by atoms with E-state index in [9.17, 15) is 13.6 Å². The first-order valence-electron chi connectivity index (χ1n) is 5.33. The Balaban J connectivity index is 2.03. The fourth-order valence-electron chi connectivity index (χ4n) is 1.43. The Morgan fingerprint density at radius 3 is 2.26 bits per heavy atom. The van der Waals surface area contributed by atoms with E-state index in [1.807, 2.05) is 6.07 Å². The van der Waals surface area contributed by atoms with Gasteiger partial charge in [0.2, 0.25) is 0 Å². The predicted molar refractivity (Wildman–Crippen MR) is 73.1 cm³/mol. The number of anilines is 2. The molecule has 0 fully saturated rings. The van der Waals surface area contributed by atoms with Crippen molar-refractivity contribution in [2.45, 2.75) is 0 Å². The van der Waals surface area contributed by atoms with Crippen molar-refractivity contribution in [3.05, 3.63) is 58.6 Å². The standard InChI is InChI=1S/C13H9BrF2N2O/c14-8-2-1-3-9(6-8)17-13(19)18-10-4-5-11(15)12(16)7-10/h1-7H,(H2,17,18,19). The van der Waals surface area contributed by atoms with Crippen molar-refractivity contribution in [2.75, 3.05) is 10.6 Å². The molecule has 2 rings (SSSR count). The summed E-state index contributed by atoms with van der Waals surface area (Å²) in [5.74, 6) is -1.97. The van der Waals surface area contributed by atoms with E-state index in [1.165, 1.54) is 6.07 Å². The molecule has 0 bridgehead atoms. The Labute approximate surface area is 116 Å². The van der Waals surface area contributed by atoms with Crippen LogP contribution in [0.4, 0.5) is 25.0 Å². The Morgan fingerprint density at radius 2 is 1.63 bits per heavy atom. The first kappa shape index (κ1) is 13.5. The number of urea groups is 1. The molecular formula is C13H9BrF2N2O. The van der Waals surface area contributed by atoms with E-state index < -0.39 is 17.7 Å². The van der Waals surface area contributed by atoms with Gasteiger partial charge in [-0.05, 0) is 30.3 Å². The molecule has 2 amide bonds. The first-order chi connectivity index (χ1) is 9.04. The monoisotopic (exact) mass is 326 g/mol. The zero-order valence-electron chi connectivity index (χ0n) is 9.58. The molecule has 0 unspecified atom stereocenters. The zero-order chi connectivity index (χ0) is 13.8. The summed E-state index contributed by atoms with van der Waals surface area (Å²) < 4.78 is 26.5. The molecule has 0 saturated carbocycles. The number of halogens is 3. The molecule has 19 heavy (non-hydrogen) atoms. The number of nitrogens with one attached hydrogen (secondary N) is 2. The Kier molecular flexibility index (Phi) is 4.11. The van der Waals surface area contributed by atoms with Crippen LogP contribution in [0.15, 0.2) is 46.9 Å². The highest BCUT2D eigenvalue weighted by molar-refractivity contribution is 9.10. The molecular weight excluding hydrogens is 318 g/mol. The molecule has 98 valence electrons. The largest absolute Gasteiger partial charge is 0.323 e. The average molecular weight is 327 g/mol. The highest BCUT2D eigenvalue weighted by Gasteiger charge is 2.06. The number of rotatable bonds is 2. The van der Waals surface area contributed by atoms with Crippen molar-refractivity contribution in [3.8, 4) is 0 Å². The van der Waals surface area contributed by atoms with Crippen molar-refractivity contribution in [2.24, 2.45) is 0 Å². The van der Waals surface area contributed by atoms with E-state index in [0.29, 0.717) is 5.69 Å². The van der Waals surface area contributed by atoms with Gasteiger partial charge in [0, 0.05) is 21.9 Å². The van der Waals surface area contributed by atoms with E-state index in [2.05, 4.69) is 26.6 Å². The molecule has 0 aliphatic heterocycles. The zero-order valence-corrected chi connectivity index (χ0v) is 11.2. The molecule has 0 aromatic heterocycles. The van der Waals surface area contributed by atoms with Gasteiger partial charge in [0.15, 0.2) is 11.6 Å². The highest BCUT2D eigenvalue weighted by Crippen LogP contribution is 2.17. The molecule has 0 aliphatic carbocycles. The van der Waals surface area contributed by atoms with E-state index in [1.54, 1.807) is 18.2 Å². The topological polar surface area (TPSA) is 41.1 Å². The fourth-order valence-corrected chi connectivity index (χ4v) is 1.83. The summed E-state index contributed by atoms with van der Waals surface area (Å²) in [5.41, 5.74) is 0.751. The quantitative estimate of drug-likeness (QED) is 0.845. The van der Waals surface area contributed by atoms with Crippen LogP contribution in [0.5, 0.6) is 0 Å².